The Hall–Kier alpha value is -5.71. The molecular weight excluding hydrogens is 709 g/mol. The maximum absolute atomic E-state index is 6.92. The fraction of sp³-hybridized carbons (Fsp3) is 0.278. The van der Waals surface area contributed by atoms with Crippen LogP contribution >= 0.6 is 0 Å². The van der Waals surface area contributed by atoms with Gasteiger partial charge in [-0.2, -0.15) is 0 Å². The monoisotopic (exact) mass is 755 g/mol. The summed E-state index contributed by atoms with van der Waals surface area (Å²) in [6, 6.07) is 42.4. The molecule has 0 fully saturated rings. The largest absolute Gasteiger partial charge is 0.457 e. The highest BCUT2D eigenvalue weighted by molar-refractivity contribution is 6.01. The number of ether oxygens (including phenoxy) is 2. The van der Waals surface area contributed by atoms with Crippen molar-refractivity contribution < 1.29 is 9.47 Å². The minimum atomic E-state index is -0.619. The summed E-state index contributed by atoms with van der Waals surface area (Å²) in [5, 5.41) is 8.40. The van der Waals surface area contributed by atoms with Crippen molar-refractivity contribution in [1.82, 2.24) is 4.58 Å². The van der Waals surface area contributed by atoms with E-state index in [9.17, 15) is 0 Å². The lowest BCUT2D eigenvalue weighted by Gasteiger charge is -2.45. The molecule has 7 aromatic rings. The highest BCUT2D eigenvalue weighted by Crippen LogP contribution is 2.58. The van der Waals surface area contributed by atoms with Crippen LogP contribution in [0.15, 0.2) is 109 Å². The molecule has 1 spiro atoms. The van der Waals surface area contributed by atoms with E-state index in [1.807, 2.05) is 7.11 Å². The maximum atomic E-state index is 6.92. The second kappa shape index (κ2) is 12.4. The van der Waals surface area contributed by atoms with Crippen molar-refractivity contribution in [2.45, 2.75) is 63.4 Å². The molecule has 58 heavy (non-hydrogen) atoms. The van der Waals surface area contributed by atoms with Crippen molar-refractivity contribution in [2.24, 2.45) is 0 Å². The Morgan fingerprint density at radius 3 is 2.10 bits per heavy atom. The van der Waals surface area contributed by atoms with E-state index in [-0.39, 0.29) is 0 Å². The van der Waals surface area contributed by atoms with Gasteiger partial charge in [-0.3, -0.25) is 0 Å². The molecule has 6 aliphatic rings. The van der Waals surface area contributed by atoms with Crippen LogP contribution in [0.1, 0.15) is 86.9 Å². The molecule has 0 radical (unpaired) electrons. The summed E-state index contributed by atoms with van der Waals surface area (Å²) in [5.41, 5.74) is 17.3. The molecule has 5 heterocycles. The van der Waals surface area contributed by atoms with Crippen molar-refractivity contribution in [3.63, 3.8) is 0 Å². The predicted molar refractivity (Wildman–Crippen MR) is 234 cm³/mol. The van der Waals surface area contributed by atoms with E-state index < -0.39 is 5.41 Å². The SMILES string of the molecule is COCc1ccccc1C1=c2cc3cc4c5c(c3cc2C2(c3ccccc3Oc3ccccc32)c2cc3c6c7c(cc3cc21)CCCN7CCC6)CCC[N+]=5CCC4. The number of benzene rings is 7. The molecule has 0 amide bonds. The predicted octanol–water partition coefficient (Wildman–Crippen LogP) is 9.27. The third-order valence-electron chi connectivity index (χ3n) is 14.7. The topological polar surface area (TPSA) is 24.7 Å². The van der Waals surface area contributed by atoms with Crippen LogP contribution in [-0.2, 0) is 42.4 Å². The number of nitrogens with zero attached hydrogens (tertiary/aromatic N) is 2. The standard InChI is InChI=1S/C54H47N2O2/c1-57-32-35-12-2-3-15-38(35)51-43-28-36-26-33-13-8-22-55-24-10-16-39(52(33)55)41(36)30-47(43)54(45-18-4-6-20-49(45)58-50-21-7-5-19-46(50)54)48-31-42-37(29-44(48)51)27-34-14-9-23-56-25-11-17-40(42)53(34)56/h2-7,12,15,18-21,26-31H,8-11,13-14,16-17,22-25,32H2,1H3/q+1. The first kappa shape index (κ1) is 33.3. The first-order valence-corrected chi connectivity index (χ1v) is 21.8. The van der Waals surface area contributed by atoms with E-state index in [0.29, 0.717) is 6.61 Å². The molecule has 7 aromatic carbocycles. The van der Waals surface area contributed by atoms with Crippen molar-refractivity contribution >= 4 is 32.8 Å². The quantitative estimate of drug-likeness (QED) is 0.168. The Morgan fingerprint density at radius 2 is 1.28 bits per heavy atom. The number of hydrogen-bond acceptors (Lipinski definition) is 3. The zero-order valence-electron chi connectivity index (χ0n) is 33.3. The van der Waals surface area contributed by atoms with Gasteiger partial charge in [-0.05, 0) is 158 Å². The molecule has 284 valence electrons. The van der Waals surface area contributed by atoms with Crippen LogP contribution in [0.5, 0.6) is 11.5 Å². The molecule has 0 N–H and O–H groups in total. The molecule has 0 unspecified atom stereocenters. The number of anilines is 1. The molecule has 0 atom stereocenters. The van der Waals surface area contributed by atoms with Gasteiger partial charge in [-0.1, -0.05) is 60.7 Å². The van der Waals surface area contributed by atoms with Gasteiger partial charge in [0, 0.05) is 61.0 Å². The second-order valence-corrected chi connectivity index (χ2v) is 17.7. The van der Waals surface area contributed by atoms with Gasteiger partial charge in [0.15, 0.2) is 0 Å². The van der Waals surface area contributed by atoms with E-state index in [0.717, 1.165) is 63.4 Å². The van der Waals surface area contributed by atoms with Gasteiger partial charge >= 0.3 is 0 Å². The number of para-hydroxylation sites is 2. The Bertz CT molecular complexity index is 3030. The minimum Gasteiger partial charge on any atom is -0.457 e. The third-order valence-corrected chi connectivity index (χ3v) is 14.7. The number of fused-ring (bicyclic) bond motifs is 12. The lowest BCUT2D eigenvalue weighted by atomic mass is 9.58. The molecule has 0 saturated heterocycles. The van der Waals surface area contributed by atoms with Crippen LogP contribution in [-0.4, -0.2) is 33.3 Å². The van der Waals surface area contributed by atoms with Gasteiger partial charge in [-0.15, -0.1) is 0 Å². The van der Waals surface area contributed by atoms with Crippen LogP contribution in [0.25, 0.3) is 27.1 Å². The average molecular weight is 756 g/mol. The van der Waals surface area contributed by atoms with Crippen LogP contribution < -0.4 is 24.8 Å². The Kier molecular flexibility index (Phi) is 7.11. The first-order valence-electron chi connectivity index (χ1n) is 21.8. The zero-order valence-corrected chi connectivity index (χ0v) is 33.3. The van der Waals surface area contributed by atoms with Crippen molar-refractivity contribution in [2.75, 3.05) is 38.2 Å². The van der Waals surface area contributed by atoms with Gasteiger partial charge in [0.2, 0.25) is 5.36 Å². The highest BCUT2D eigenvalue weighted by Gasteiger charge is 2.50. The molecule has 0 aromatic heterocycles. The Morgan fingerprint density at radius 1 is 0.621 bits per heavy atom. The van der Waals surface area contributed by atoms with Crippen LogP contribution in [0.4, 0.5) is 5.69 Å². The lowest BCUT2D eigenvalue weighted by molar-refractivity contribution is 0.184. The van der Waals surface area contributed by atoms with E-state index in [1.54, 1.807) is 11.1 Å². The van der Waals surface area contributed by atoms with Gasteiger partial charge in [0.25, 0.3) is 0 Å². The second-order valence-electron chi connectivity index (χ2n) is 17.7. The van der Waals surface area contributed by atoms with Crippen molar-refractivity contribution in [3.05, 3.63) is 181 Å². The van der Waals surface area contributed by atoms with E-state index in [1.165, 1.54) is 119 Å². The molecule has 13 rings (SSSR count). The number of hydrogen-bond donors (Lipinski definition) is 0. The zero-order chi connectivity index (χ0) is 38.1. The van der Waals surface area contributed by atoms with Crippen molar-refractivity contribution in [3.8, 4) is 11.5 Å². The van der Waals surface area contributed by atoms with Crippen LogP contribution in [0.3, 0.4) is 0 Å². The molecule has 4 nitrogen and oxygen atoms in total. The van der Waals surface area contributed by atoms with Crippen molar-refractivity contribution in [1.29, 1.82) is 0 Å². The van der Waals surface area contributed by atoms with E-state index >= 15 is 0 Å². The number of methoxy groups -OCH3 is 1. The van der Waals surface area contributed by atoms with E-state index in [4.69, 9.17) is 9.47 Å². The van der Waals surface area contributed by atoms with E-state index in [2.05, 4.69) is 119 Å². The molecule has 1 aliphatic carbocycles. The summed E-state index contributed by atoms with van der Waals surface area (Å²) >= 11 is 0. The Balaban J connectivity index is 1.28. The molecule has 0 saturated carbocycles. The number of aryl methyl sites for hydroxylation is 4. The number of rotatable bonds is 3. The maximum Gasteiger partial charge on any atom is 0.206 e. The molecular formula is C54H47N2O2+. The van der Waals surface area contributed by atoms with Gasteiger partial charge < -0.3 is 14.4 Å². The summed E-state index contributed by atoms with van der Waals surface area (Å²) < 4.78 is 15.6. The van der Waals surface area contributed by atoms with Gasteiger partial charge in [-0.25, -0.2) is 4.58 Å². The summed E-state index contributed by atoms with van der Waals surface area (Å²) in [4.78, 5) is 2.70. The smallest absolute Gasteiger partial charge is 0.206 e. The summed E-state index contributed by atoms with van der Waals surface area (Å²) in [6.45, 7) is 5.21. The minimum absolute atomic E-state index is 0.553. The lowest BCUT2D eigenvalue weighted by Crippen LogP contribution is -2.44. The Labute approximate surface area is 339 Å². The average Bonchev–Trinajstić information content (AvgIpc) is 3.26. The normalized spacial score (nSPS) is 17.9. The fourth-order valence-corrected chi connectivity index (χ4v) is 12.5. The summed E-state index contributed by atoms with van der Waals surface area (Å²) in [6.07, 6.45) is 9.41. The van der Waals surface area contributed by atoms with Gasteiger partial charge in [0.05, 0.1) is 12.0 Å². The fourth-order valence-electron chi connectivity index (χ4n) is 12.5. The summed E-state index contributed by atoms with van der Waals surface area (Å²) in [7, 11) is 1.83. The molecule has 0 bridgehead atoms. The van der Waals surface area contributed by atoms with Gasteiger partial charge in [0.1, 0.15) is 24.6 Å². The molecule has 5 aliphatic heterocycles. The van der Waals surface area contributed by atoms with Crippen LogP contribution in [0.2, 0.25) is 0 Å². The highest BCUT2D eigenvalue weighted by atomic mass is 16.5. The molecule has 4 heteroatoms. The third kappa shape index (κ3) is 4.42. The van der Waals surface area contributed by atoms with Crippen LogP contribution in [0, 0.1) is 0 Å². The first-order chi connectivity index (χ1) is 28.7. The summed E-state index contributed by atoms with van der Waals surface area (Å²) in [5.74, 6) is 1.88.